The van der Waals surface area contributed by atoms with Gasteiger partial charge in [-0.1, -0.05) is 59.2 Å². The fourth-order valence-corrected chi connectivity index (χ4v) is 2.20. The van der Waals surface area contributed by atoms with Crippen LogP contribution in [0.4, 0.5) is 0 Å². The zero-order chi connectivity index (χ0) is 13.3. The van der Waals surface area contributed by atoms with E-state index in [2.05, 4.69) is 5.16 Å². The standard InChI is InChI=1S/C15H12ClNO2/c16-13-8-6-12(7-9-13)15(18)10-14(17-19-15)11-4-2-1-3-5-11/h1-9,18H,10H2. The van der Waals surface area contributed by atoms with Crippen LogP contribution in [0.15, 0.2) is 59.8 Å². The highest BCUT2D eigenvalue weighted by Crippen LogP contribution is 2.34. The van der Waals surface area contributed by atoms with E-state index in [4.69, 9.17) is 16.4 Å². The van der Waals surface area contributed by atoms with Crippen LogP contribution in [0.25, 0.3) is 0 Å². The second-order valence-corrected chi connectivity index (χ2v) is 4.90. The van der Waals surface area contributed by atoms with Gasteiger partial charge in [-0.15, -0.1) is 0 Å². The molecule has 0 radical (unpaired) electrons. The van der Waals surface area contributed by atoms with Gasteiger partial charge in [0.15, 0.2) is 0 Å². The van der Waals surface area contributed by atoms with Crippen LogP contribution in [0, 0.1) is 0 Å². The molecule has 0 amide bonds. The van der Waals surface area contributed by atoms with Gasteiger partial charge in [-0.2, -0.15) is 0 Å². The van der Waals surface area contributed by atoms with E-state index in [0.717, 1.165) is 11.3 Å². The van der Waals surface area contributed by atoms with Crippen LogP contribution in [-0.2, 0) is 10.6 Å². The molecule has 0 saturated heterocycles. The Bertz CT molecular complexity index is 610. The zero-order valence-electron chi connectivity index (χ0n) is 10.1. The summed E-state index contributed by atoms with van der Waals surface area (Å²) in [6.45, 7) is 0. The highest BCUT2D eigenvalue weighted by molar-refractivity contribution is 6.30. The molecule has 1 N–H and O–H groups in total. The highest BCUT2D eigenvalue weighted by Gasteiger charge is 2.39. The van der Waals surface area contributed by atoms with Gasteiger partial charge in [-0.25, -0.2) is 0 Å². The molecule has 1 aliphatic rings. The molecule has 2 aromatic rings. The number of halogens is 1. The van der Waals surface area contributed by atoms with Gasteiger partial charge in [0.05, 0.1) is 12.1 Å². The minimum absolute atomic E-state index is 0.318. The number of rotatable bonds is 2. The predicted octanol–water partition coefficient (Wildman–Crippen LogP) is 3.31. The largest absolute Gasteiger partial charge is 0.355 e. The Hall–Kier alpha value is -1.84. The van der Waals surface area contributed by atoms with Gasteiger partial charge < -0.3 is 9.94 Å². The highest BCUT2D eigenvalue weighted by atomic mass is 35.5. The molecule has 0 aromatic heterocycles. The number of hydrogen-bond acceptors (Lipinski definition) is 3. The van der Waals surface area contributed by atoms with Crippen molar-refractivity contribution >= 4 is 17.3 Å². The van der Waals surface area contributed by atoms with E-state index < -0.39 is 5.79 Å². The van der Waals surface area contributed by atoms with Gasteiger partial charge in [0.25, 0.3) is 5.79 Å². The number of benzene rings is 2. The van der Waals surface area contributed by atoms with E-state index in [9.17, 15) is 5.11 Å². The van der Waals surface area contributed by atoms with Gasteiger partial charge in [-0.05, 0) is 17.7 Å². The Morgan fingerprint density at radius 1 is 1.05 bits per heavy atom. The van der Waals surface area contributed by atoms with Gasteiger partial charge >= 0.3 is 0 Å². The summed E-state index contributed by atoms with van der Waals surface area (Å²) in [5, 5.41) is 15.1. The first kappa shape index (κ1) is 12.2. The second-order valence-electron chi connectivity index (χ2n) is 4.46. The van der Waals surface area contributed by atoms with Crippen molar-refractivity contribution in [1.82, 2.24) is 0 Å². The van der Waals surface area contributed by atoms with Crippen LogP contribution in [0.2, 0.25) is 5.02 Å². The third-order valence-corrected chi connectivity index (χ3v) is 3.37. The van der Waals surface area contributed by atoms with Gasteiger partial charge in [0.2, 0.25) is 0 Å². The van der Waals surface area contributed by atoms with E-state index >= 15 is 0 Å². The van der Waals surface area contributed by atoms with Crippen molar-refractivity contribution in [3.05, 3.63) is 70.7 Å². The van der Waals surface area contributed by atoms with E-state index in [0.29, 0.717) is 17.0 Å². The summed E-state index contributed by atoms with van der Waals surface area (Å²) in [6.07, 6.45) is 0.318. The van der Waals surface area contributed by atoms with Crippen molar-refractivity contribution in [2.45, 2.75) is 12.2 Å². The number of aliphatic hydroxyl groups is 1. The topological polar surface area (TPSA) is 41.8 Å². The molecule has 1 heterocycles. The summed E-state index contributed by atoms with van der Waals surface area (Å²) in [7, 11) is 0. The lowest BCUT2D eigenvalue weighted by Crippen LogP contribution is -2.25. The summed E-state index contributed by atoms with van der Waals surface area (Å²) in [4.78, 5) is 5.23. The van der Waals surface area contributed by atoms with Crippen LogP contribution < -0.4 is 0 Å². The third-order valence-electron chi connectivity index (χ3n) is 3.12. The monoisotopic (exact) mass is 273 g/mol. The summed E-state index contributed by atoms with van der Waals surface area (Å²) in [6, 6.07) is 16.6. The minimum Gasteiger partial charge on any atom is -0.355 e. The lowest BCUT2D eigenvalue weighted by molar-refractivity contribution is -0.193. The molecule has 0 spiro atoms. The molecule has 1 unspecified atom stereocenters. The SMILES string of the molecule is OC1(c2ccc(Cl)cc2)CC(c2ccccc2)=NO1. The van der Waals surface area contributed by atoms with Crippen molar-refractivity contribution in [2.75, 3.05) is 0 Å². The quantitative estimate of drug-likeness (QED) is 0.912. The molecule has 96 valence electrons. The smallest absolute Gasteiger partial charge is 0.266 e. The average Bonchev–Trinajstić information content (AvgIpc) is 2.84. The molecule has 4 heteroatoms. The molecule has 1 atom stereocenters. The van der Waals surface area contributed by atoms with E-state index in [1.54, 1.807) is 24.3 Å². The molecule has 1 aliphatic heterocycles. The van der Waals surface area contributed by atoms with Gasteiger partial charge in [0, 0.05) is 10.6 Å². The molecular formula is C15H12ClNO2. The Balaban J connectivity index is 1.85. The van der Waals surface area contributed by atoms with Crippen LogP contribution in [0.3, 0.4) is 0 Å². The van der Waals surface area contributed by atoms with Crippen molar-refractivity contribution in [3.63, 3.8) is 0 Å². The first-order valence-electron chi connectivity index (χ1n) is 5.96. The Morgan fingerprint density at radius 2 is 1.74 bits per heavy atom. The van der Waals surface area contributed by atoms with Crippen molar-refractivity contribution in [3.8, 4) is 0 Å². The Morgan fingerprint density at radius 3 is 2.42 bits per heavy atom. The van der Waals surface area contributed by atoms with Crippen LogP contribution >= 0.6 is 11.6 Å². The second kappa shape index (κ2) is 4.68. The Kier molecular flexibility index (Phi) is 3.01. The first-order chi connectivity index (χ1) is 9.17. The molecule has 3 rings (SSSR count). The lowest BCUT2D eigenvalue weighted by atomic mass is 9.97. The van der Waals surface area contributed by atoms with Crippen molar-refractivity contribution in [2.24, 2.45) is 5.16 Å². The number of nitrogens with zero attached hydrogens (tertiary/aromatic N) is 1. The number of oxime groups is 1. The Labute approximate surface area is 116 Å². The van der Waals surface area contributed by atoms with E-state index in [1.807, 2.05) is 30.3 Å². The number of hydrogen-bond donors (Lipinski definition) is 1. The molecule has 0 bridgehead atoms. The fraction of sp³-hybridized carbons (Fsp3) is 0.133. The molecule has 3 nitrogen and oxygen atoms in total. The molecule has 0 aliphatic carbocycles. The van der Waals surface area contributed by atoms with E-state index in [-0.39, 0.29) is 0 Å². The van der Waals surface area contributed by atoms with Crippen molar-refractivity contribution < 1.29 is 9.94 Å². The maximum absolute atomic E-state index is 10.5. The normalized spacial score (nSPS) is 21.9. The van der Waals surface area contributed by atoms with Crippen LogP contribution in [0.5, 0.6) is 0 Å². The fourth-order valence-electron chi connectivity index (χ4n) is 2.07. The first-order valence-corrected chi connectivity index (χ1v) is 6.34. The van der Waals surface area contributed by atoms with Crippen molar-refractivity contribution in [1.29, 1.82) is 0 Å². The summed E-state index contributed by atoms with van der Waals surface area (Å²) >= 11 is 5.84. The van der Waals surface area contributed by atoms with Gasteiger partial charge in [0.1, 0.15) is 0 Å². The van der Waals surface area contributed by atoms with Gasteiger partial charge in [-0.3, -0.25) is 0 Å². The molecule has 0 fully saturated rings. The molecular weight excluding hydrogens is 262 g/mol. The maximum Gasteiger partial charge on any atom is 0.266 e. The molecule has 0 saturated carbocycles. The third kappa shape index (κ3) is 2.35. The van der Waals surface area contributed by atoms with Crippen LogP contribution in [-0.4, -0.2) is 10.8 Å². The molecule has 19 heavy (non-hydrogen) atoms. The molecule has 2 aromatic carbocycles. The summed E-state index contributed by atoms with van der Waals surface area (Å²) in [5.41, 5.74) is 2.33. The van der Waals surface area contributed by atoms with Crippen LogP contribution in [0.1, 0.15) is 17.5 Å². The average molecular weight is 274 g/mol. The van der Waals surface area contributed by atoms with E-state index in [1.165, 1.54) is 0 Å². The minimum atomic E-state index is -1.41. The maximum atomic E-state index is 10.5. The summed E-state index contributed by atoms with van der Waals surface area (Å²) < 4.78 is 0. The zero-order valence-corrected chi connectivity index (χ0v) is 10.8. The predicted molar refractivity (Wildman–Crippen MR) is 74.0 cm³/mol. The summed E-state index contributed by atoms with van der Waals surface area (Å²) in [5.74, 6) is -1.41. The lowest BCUT2D eigenvalue weighted by Gasteiger charge is -2.20.